The van der Waals surface area contributed by atoms with E-state index < -0.39 is 37.4 Å². The zero-order valence-electron chi connectivity index (χ0n) is 12.5. The highest BCUT2D eigenvalue weighted by Gasteiger charge is 2.28. The Bertz CT molecular complexity index is 704. The number of hydrogen-bond acceptors (Lipinski definition) is 5. The van der Waals surface area contributed by atoms with E-state index in [9.17, 15) is 23.3 Å². The molecule has 0 aliphatic rings. The lowest BCUT2D eigenvalue weighted by molar-refractivity contribution is -0.387. The first-order chi connectivity index (χ1) is 10.5. The molecule has 128 valence electrons. The summed E-state index contributed by atoms with van der Waals surface area (Å²) < 4.78 is 26.6. The molecule has 23 heavy (non-hydrogen) atoms. The van der Waals surface area contributed by atoms with Gasteiger partial charge in [0, 0.05) is 17.6 Å². The normalized spacial score (nSPS) is 13.0. The Hall–Kier alpha value is -1.71. The van der Waals surface area contributed by atoms with Crippen LogP contribution < -0.4 is 4.72 Å². The molecule has 0 aliphatic carbocycles. The predicted molar refractivity (Wildman–Crippen MR) is 83.9 cm³/mol. The van der Waals surface area contributed by atoms with E-state index >= 15 is 0 Å². The van der Waals surface area contributed by atoms with E-state index in [1.807, 2.05) is 13.8 Å². The van der Waals surface area contributed by atoms with Gasteiger partial charge in [0.1, 0.15) is 0 Å². The third kappa shape index (κ3) is 5.45. The van der Waals surface area contributed by atoms with Crippen LogP contribution in [-0.4, -0.2) is 31.0 Å². The van der Waals surface area contributed by atoms with Crippen LogP contribution in [0.15, 0.2) is 23.1 Å². The van der Waals surface area contributed by atoms with Crippen LogP contribution in [0.25, 0.3) is 0 Å². The predicted octanol–water partition coefficient (Wildman–Crippen LogP) is 2.27. The Morgan fingerprint density at radius 2 is 2.04 bits per heavy atom. The smallest absolute Gasteiger partial charge is 0.307 e. The van der Waals surface area contributed by atoms with Gasteiger partial charge in [-0.2, -0.15) is 0 Å². The first-order valence-corrected chi connectivity index (χ1v) is 8.57. The molecule has 0 aliphatic heterocycles. The molecule has 0 saturated heterocycles. The SMILES string of the molecule is CC(C)CC(CNS(=O)(=O)c1ccc(Cl)cc1[N+](=O)[O-])C(=O)O. The molecule has 1 unspecified atom stereocenters. The summed E-state index contributed by atoms with van der Waals surface area (Å²) >= 11 is 5.64. The summed E-state index contributed by atoms with van der Waals surface area (Å²) in [7, 11) is -4.23. The lowest BCUT2D eigenvalue weighted by atomic mass is 9.98. The summed E-state index contributed by atoms with van der Waals surface area (Å²) in [6, 6.07) is 3.16. The molecule has 0 spiro atoms. The average molecular weight is 365 g/mol. The van der Waals surface area contributed by atoms with Gasteiger partial charge >= 0.3 is 5.97 Å². The average Bonchev–Trinajstić information content (AvgIpc) is 2.42. The van der Waals surface area contributed by atoms with Crippen LogP contribution in [0.1, 0.15) is 20.3 Å². The standard InChI is InChI=1S/C13H17ClN2O6S/c1-8(2)5-9(13(17)18)7-15-23(21,22)12-4-3-10(14)6-11(12)16(19)20/h3-4,6,8-9,15H,5,7H2,1-2H3,(H,17,18). The quantitative estimate of drug-likeness (QED) is 0.538. The number of carboxylic acids is 1. The van der Waals surface area contributed by atoms with Crippen molar-refractivity contribution in [2.45, 2.75) is 25.2 Å². The van der Waals surface area contributed by atoms with Crippen LogP contribution in [-0.2, 0) is 14.8 Å². The van der Waals surface area contributed by atoms with Crippen molar-refractivity contribution in [1.82, 2.24) is 4.72 Å². The number of sulfonamides is 1. The number of nitro groups is 1. The van der Waals surface area contributed by atoms with Crippen LogP contribution in [0.3, 0.4) is 0 Å². The highest BCUT2D eigenvalue weighted by molar-refractivity contribution is 7.89. The zero-order valence-corrected chi connectivity index (χ0v) is 14.1. The molecule has 0 aromatic heterocycles. The number of benzene rings is 1. The largest absolute Gasteiger partial charge is 0.481 e. The van der Waals surface area contributed by atoms with E-state index in [2.05, 4.69) is 4.72 Å². The van der Waals surface area contributed by atoms with Crippen LogP contribution in [0.4, 0.5) is 5.69 Å². The molecule has 8 nitrogen and oxygen atoms in total. The van der Waals surface area contributed by atoms with Crippen LogP contribution in [0, 0.1) is 22.0 Å². The molecule has 0 bridgehead atoms. The van der Waals surface area contributed by atoms with Crippen molar-refractivity contribution in [3.63, 3.8) is 0 Å². The van der Waals surface area contributed by atoms with Gasteiger partial charge in [-0.3, -0.25) is 14.9 Å². The second-order valence-corrected chi connectivity index (χ2v) is 7.56. The maximum atomic E-state index is 12.2. The number of nitrogens with zero attached hydrogens (tertiary/aromatic N) is 1. The van der Waals surface area contributed by atoms with Gasteiger partial charge in [0.25, 0.3) is 5.69 Å². The molecule has 1 rings (SSSR count). The maximum absolute atomic E-state index is 12.2. The van der Waals surface area contributed by atoms with Crippen LogP contribution >= 0.6 is 11.6 Å². The molecule has 1 atom stereocenters. The molecule has 1 aromatic carbocycles. The number of carboxylic acid groups (broad SMARTS) is 1. The number of nitro benzene ring substituents is 1. The van der Waals surface area contributed by atoms with Gasteiger partial charge in [0.15, 0.2) is 4.90 Å². The van der Waals surface area contributed by atoms with Gasteiger partial charge in [0.2, 0.25) is 10.0 Å². The molecular weight excluding hydrogens is 348 g/mol. The highest BCUT2D eigenvalue weighted by atomic mass is 35.5. The zero-order chi connectivity index (χ0) is 17.8. The fraction of sp³-hybridized carbons (Fsp3) is 0.462. The first kappa shape index (κ1) is 19.3. The topological polar surface area (TPSA) is 127 Å². The summed E-state index contributed by atoms with van der Waals surface area (Å²) in [4.78, 5) is 20.7. The van der Waals surface area contributed by atoms with Gasteiger partial charge in [-0.25, -0.2) is 13.1 Å². The Labute approximate surface area is 138 Å². The first-order valence-electron chi connectivity index (χ1n) is 6.71. The molecule has 0 amide bonds. The van der Waals surface area contributed by atoms with E-state index in [1.165, 1.54) is 6.07 Å². The molecule has 10 heteroatoms. The minimum atomic E-state index is -4.23. The molecule has 0 saturated carbocycles. The number of rotatable bonds is 8. The summed E-state index contributed by atoms with van der Waals surface area (Å²) in [6.07, 6.45) is 0.278. The molecule has 1 aromatic rings. The summed E-state index contributed by atoms with van der Waals surface area (Å²) in [5, 5.41) is 20.1. The highest BCUT2D eigenvalue weighted by Crippen LogP contribution is 2.27. The number of halogens is 1. The number of nitrogens with one attached hydrogen (secondary N) is 1. The minimum Gasteiger partial charge on any atom is -0.481 e. The van der Waals surface area contributed by atoms with Gasteiger partial charge in [-0.1, -0.05) is 25.4 Å². The lowest BCUT2D eigenvalue weighted by Gasteiger charge is -2.15. The molecular formula is C13H17ClN2O6S. The second-order valence-electron chi connectivity index (χ2n) is 5.39. The summed E-state index contributed by atoms with van der Waals surface area (Å²) in [5.41, 5.74) is -0.666. The van der Waals surface area contributed by atoms with E-state index in [0.717, 1.165) is 12.1 Å². The number of carbonyl (C=O) groups is 1. The number of aliphatic carboxylic acids is 1. The van der Waals surface area contributed by atoms with E-state index in [1.54, 1.807) is 0 Å². The second kappa shape index (κ2) is 7.71. The Kier molecular flexibility index (Phi) is 6.48. The minimum absolute atomic E-state index is 0.0267. The van der Waals surface area contributed by atoms with Gasteiger partial charge in [-0.05, 0) is 24.5 Å². The molecule has 0 fully saturated rings. The number of hydrogen-bond donors (Lipinski definition) is 2. The summed E-state index contributed by atoms with van der Waals surface area (Å²) in [6.45, 7) is 3.28. The monoisotopic (exact) mass is 364 g/mol. The van der Waals surface area contributed by atoms with Gasteiger partial charge in [-0.15, -0.1) is 0 Å². The molecule has 0 radical (unpaired) electrons. The van der Waals surface area contributed by atoms with E-state index in [0.29, 0.717) is 0 Å². The van der Waals surface area contributed by atoms with Crippen molar-refractivity contribution >= 4 is 33.3 Å². The third-order valence-electron chi connectivity index (χ3n) is 3.03. The van der Waals surface area contributed by atoms with E-state index in [-0.39, 0.29) is 23.9 Å². The van der Waals surface area contributed by atoms with E-state index in [4.69, 9.17) is 16.7 Å². The van der Waals surface area contributed by atoms with Crippen LogP contribution in [0.5, 0.6) is 0 Å². The van der Waals surface area contributed by atoms with Crippen LogP contribution in [0.2, 0.25) is 5.02 Å². The lowest BCUT2D eigenvalue weighted by Crippen LogP contribution is -2.34. The van der Waals surface area contributed by atoms with Gasteiger partial charge in [0.05, 0.1) is 10.8 Å². The molecule has 2 N–H and O–H groups in total. The van der Waals surface area contributed by atoms with Crippen molar-refractivity contribution in [1.29, 1.82) is 0 Å². The Balaban J connectivity index is 3.04. The summed E-state index contributed by atoms with van der Waals surface area (Å²) in [5.74, 6) is -1.99. The van der Waals surface area contributed by atoms with Crippen molar-refractivity contribution < 1.29 is 23.2 Å². The third-order valence-corrected chi connectivity index (χ3v) is 4.74. The molecule has 0 heterocycles. The fourth-order valence-corrected chi connectivity index (χ4v) is 3.39. The maximum Gasteiger partial charge on any atom is 0.307 e. The fourth-order valence-electron chi connectivity index (χ4n) is 1.99. The Morgan fingerprint density at radius 1 is 1.43 bits per heavy atom. The van der Waals surface area contributed by atoms with Gasteiger partial charge < -0.3 is 5.11 Å². The van der Waals surface area contributed by atoms with Crippen molar-refractivity contribution in [2.75, 3.05) is 6.54 Å². The van der Waals surface area contributed by atoms with Crippen molar-refractivity contribution in [2.24, 2.45) is 11.8 Å². The van der Waals surface area contributed by atoms with Crippen molar-refractivity contribution in [3.8, 4) is 0 Å². The van der Waals surface area contributed by atoms with Crippen molar-refractivity contribution in [3.05, 3.63) is 33.3 Å². The Morgan fingerprint density at radius 3 is 2.52 bits per heavy atom.